The first kappa shape index (κ1) is 18.7. The Kier molecular flexibility index (Phi) is 5.04. The number of carbonyl (C=O) groups excluding carboxylic acids is 2. The van der Waals surface area contributed by atoms with Crippen LogP contribution >= 0.6 is 11.5 Å². The van der Waals surface area contributed by atoms with E-state index < -0.39 is 17.2 Å². The second kappa shape index (κ2) is 7.28. The van der Waals surface area contributed by atoms with Gasteiger partial charge in [0.1, 0.15) is 6.54 Å². The molecule has 0 unspecified atom stereocenters. The van der Waals surface area contributed by atoms with Gasteiger partial charge in [-0.05, 0) is 44.4 Å². The van der Waals surface area contributed by atoms with Gasteiger partial charge in [-0.25, -0.2) is 4.79 Å². The van der Waals surface area contributed by atoms with Crippen molar-refractivity contribution in [2.75, 3.05) is 5.32 Å². The Bertz CT molecular complexity index is 1160. The summed E-state index contributed by atoms with van der Waals surface area (Å²) in [5.74, 6) is -0.559. The number of carbonyl (C=O) groups is 2. The van der Waals surface area contributed by atoms with Crippen molar-refractivity contribution in [1.29, 1.82) is 0 Å². The van der Waals surface area contributed by atoms with E-state index in [0.717, 1.165) is 16.1 Å². The molecule has 0 aliphatic carbocycles. The molecule has 0 fully saturated rings. The van der Waals surface area contributed by atoms with Crippen LogP contribution in [0.1, 0.15) is 37.2 Å². The lowest BCUT2D eigenvalue weighted by atomic mass is 10.1. The lowest BCUT2D eigenvalue weighted by molar-refractivity contribution is -0.116. The molecule has 0 atom stereocenters. The van der Waals surface area contributed by atoms with Gasteiger partial charge in [0.05, 0.1) is 5.52 Å². The maximum atomic E-state index is 12.8. The quantitative estimate of drug-likeness (QED) is 0.676. The summed E-state index contributed by atoms with van der Waals surface area (Å²) < 4.78 is 6.39. The number of anilines is 1. The SMILES string of the molecule is CC(=O)c1cccc(NC(=O)Cn2c(=O)n(C(C)C)c(=O)c3nscc32)c1. The minimum absolute atomic E-state index is 0.114. The summed E-state index contributed by atoms with van der Waals surface area (Å²) in [5.41, 5.74) is 0.409. The maximum Gasteiger partial charge on any atom is 0.332 e. The van der Waals surface area contributed by atoms with Gasteiger partial charge in [-0.1, -0.05) is 12.1 Å². The zero-order chi connectivity index (χ0) is 19.7. The molecule has 0 aliphatic heterocycles. The average Bonchev–Trinajstić information content (AvgIpc) is 3.08. The molecule has 140 valence electrons. The van der Waals surface area contributed by atoms with Crippen molar-refractivity contribution >= 4 is 39.9 Å². The smallest absolute Gasteiger partial charge is 0.325 e. The first-order chi connectivity index (χ1) is 12.8. The van der Waals surface area contributed by atoms with Crippen molar-refractivity contribution in [3.63, 3.8) is 0 Å². The molecule has 3 rings (SSSR count). The van der Waals surface area contributed by atoms with E-state index in [1.807, 2.05) is 0 Å². The lowest BCUT2D eigenvalue weighted by Gasteiger charge is -2.14. The third-order valence-electron chi connectivity index (χ3n) is 4.07. The van der Waals surface area contributed by atoms with Crippen LogP contribution in [0.5, 0.6) is 0 Å². The van der Waals surface area contributed by atoms with Crippen LogP contribution < -0.4 is 16.6 Å². The Hall–Kier alpha value is -3.07. The summed E-state index contributed by atoms with van der Waals surface area (Å²) >= 11 is 1.05. The fourth-order valence-electron chi connectivity index (χ4n) is 2.77. The van der Waals surface area contributed by atoms with E-state index in [-0.39, 0.29) is 23.9 Å². The number of ketones is 1. The third kappa shape index (κ3) is 3.59. The van der Waals surface area contributed by atoms with E-state index in [2.05, 4.69) is 9.69 Å². The normalized spacial score (nSPS) is 11.1. The topological polar surface area (TPSA) is 103 Å². The Labute approximate surface area is 158 Å². The van der Waals surface area contributed by atoms with Gasteiger partial charge in [0.25, 0.3) is 5.56 Å². The third-order valence-corrected chi connectivity index (χ3v) is 4.69. The van der Waals surface area contributed by atoms with Crippen molar-refractivity contribution in [2.45, 2.75) is 33.4 Å². The molecule has 0 radical (unpaired) electrons. The molecule has 2 heterocycles. The minimum Gasteiger partial charge on any atom is -0.325 e. The monoisotopic (exact) mass is 386 g/mol. The van der Waals surface area contributed by atoms with Crippen LogP contribution in [0.4, 0.5) is 5.69 Å². The summed E-state index contributed by atoms with van der Waals surface area (Å²) in [6.45, 7) is 4.61. The maximum absolute atomic E-state index is 12.8. The fraction of sp³-hybridized carbons (Fsp3) is 0.278. The Morgan fingerprint density at radius 3 is 2.67 bits per heavy atom. The minimum atomic E-state index is -0.560. The molecule has 0 saturated carbocycles. The van der Waals surface area contributed by atoms with Crippen molar-refractivity contribution in [1.82, 2.24) is 13.5 Å². The van der Waals surface area contributed by atoms with E-state index in [1.54, 1.807) is 43.5 Å². The highest BCUT2D eigenvalue weighted by atomic mass is 32.1. The predicted octanol–water partition coefficient (Wildman–Crippen LogP) is 2.04. The highest BCUT2D eigenvalue weighted by Crippen LogP contribution is 2.13. The van der Waals surface area contributed by atoms with E-state index in [0.29, 0.717) is 16.8 Å². The number of fused-ring (bicyclic) bond motifs is 1. The van der Waals surface area contributed by atoms with Crippen LogP contribution in [0.15, 0.2) is 39.2 Å². The van der Waals surface area contributed by atoms with Crippen LogP contribution in [0.2, 0.25) is 0 Å². The van der Waals surface area contributed by atoms with E-state index in [4.69, 9.17) is 0 Å². The molecule has 2 aromatic heterocycles. The Morgan fingerprint density at radius 1 is 1.26 bits per heavy atom. The zero-order valence-electron chi connectivity index (χ0n) is 15.1. The number of hydrogen-bond donors (Lipinski definition) is 1. The number of amides is 1. The first-order valence-electron chi connectivity index (χ1n) is 8.30. The molecule has 0 spiro atoms. The number of nitrogens with one attached hydrogen (secondary N) is 1. The largest absolute Gasteiger partial charge is 0.332 e. The molecule has 1 aromatic carbocycles. The van der Waals surface area contributed by atoms with E-state index in [1.165, 1.54) is 11.5 Å². The molecule has 8 nitrogen and oxygen atoms in total. The molecule has 1 amide bonds. The van der Waals surface area contributed by atoms with E-state index in [9.17, 15) is 19.2 Å². The van der Waals surface area contributed by atoms with Gasteiger partial charge in [-0.15, -0.1) is 0 Å². The van der Waals surface area contributed by atoms with Crippen molar-refractivity contribution < 1.29 is 9.59 Å². The van der Waals surface area contributed by atoms with Crippen LogP contribution in [-0.4, -0.2) is 25.2 Å². The lowest BCUT2D eigenvalue weighted by Crippen LogP contribution is -2.42. The van der Waals surface area contributed by atoms with Crippen molar-refractivity contribution in [3.8, 4) is 0 Å². The molecule has 0 aliphatic rings. The number of nitrogens with zero attached hydrogens (tertiary/aromatic N) is 3. The molecule has 9 heteroatoms. The molecule has 3 aromatic rings. The van der Waals surface area contributed by atoms with Crippen molar-refractivity contribution in [2.24, 2.45) is 0 Å². The standard InChI is InChI=1S/C18H18N4O4S/c1-10(2)22-17(25)16-14(9-27-20-16)21(18(22)26)8-15(24)19-13-6-4-5-12(7-13)11(3)23/h4-7,9-10H,8H2,1-3H3,(H,19,24). The van der Waals surface area contributed by atoms with Gasteiger partial charge in [0.2, 0.25) is 5.91 Å². The number of aromatic nitrogens is 3. The van der Waals surface area contributed by atoms with Crippen LogP contribution in [0.25, 0.3) is 11.0 Å². The molecular weight excluding hydrogens is 368 g/mol. The summed E-state index contributed by atoms with van der Waals surface area (Å²) in [5, 5.41) is 4.25. The zero-order valence-corrected chi connectivity index (χ0v) is 15.9. The number of hydrogen-bond acceptors (Lipinski definition) is 6. The molecular formula is C18H18N4O4S. The van der Waals surface area contributed by atoms with Gasteiger partial charge in [0.15, 0.2) is 11.3 Å². The number of Topliss-reactive ketones (excluding diaryl/α,β-unsaturated/α-hetero) is 1. The van der Waals surface area contributed by atoms with Crippen LogP contribution in [-0.2, 0) is 11.3 Å². The average molecular weight is 386 g/mol. The first-order valence-corrected chi connectivity index (χ1v) is 9.13. The summed E-state index contributed by atoms with van der Waals surface area (Å²) in [7, 11) is 0. The van der Waals surface area contributed by atoms with E-state index >= 15 is 0 Å². The van der Waals surface area contributed by atoms with Crippen LogP contribution in [0, 0.1) is 0 Å². The number of rotatable bonds is 5. The van der Waals surface area contributed by atoms with Gasteiger partial charge < -0.3 is 5.32 Å². The van der Waals surface area contributed by atoms with Crippen LogP contribution in [0.3, 0.4) is 0 Å². The highest BCUT2D eigenvalue weighted by Gasteiger charge is 2.18. The highest BCUT2D eigenvalue weighted by molar-refractivity contribution is 7.04. The summed E-state index contributed by atoms with van der Waals surface area (Å²) in [4.78, 5) is 49.2. The summed E-state index contributed by atoms with van der Waals surface area (Å²) in [6.07, 6.45) is 0. The Morgan fingerprint density at radius 2 is 2.00 bits per heavy atom. The summed E-state index contributed by atoms with van der Waals surface area (Å²) in [6, 6.07) is 6.18. The van der Waals surface area contributed by atoms with Gasteiger partial charge in [-0.2, -0.15) is 4.37 Å². The van der Waals surface area contributed by atoms with Gasteiger partial charge in [0, 0.05) is 22.7 Å². The van der Waals surface area contributed by atoms with Crippen molar-refractivity contribution in [3.05, 3.63) is 56.0 Å². The predicted molar refractivity (Wildman–Crippen MR) is 104 cm³/mol. The van der Waals surface area contributed by atoms with Gasteiger partial charge >= 0.3 is 5.69 Å². The Balaban J connectivity index is 1.97. The van der Waals surface area contributed by atoms with Gasteiger partial charge in [-0.3, -0.25) is 23.5 Å². The molecule has 0 saturated heterocycles. The second-order valence-corrected chi connectivity index (χ2v) is 7.00. The number of benzene rings is 1. The second-order valence-electron chi connectivity index (χ2n) is 6.37. The molecule has 0 bridgehead atoms. The fourth-order valence-corrected chi connectivity index (χ4v) is 3.44. The molecule has 1 N–H and O–H groups in total. The molecule has 27 heavy (non-hydrogen) atoms.